The number of carbonyl (C=O) groups excluding carboxylic acids is 1. The Morgan fingerprint density at radius 2 is 2.17 bits per heavy atom. The Labute approximate surface area is 111 Å². The van der Waals surface area contributed by atoms with Crippen LogP contribution in [0.4, 0.5) is 0 Å². The lowest BCUT2D eigenvalue weighted by Gasteiger charge is -2.31. The molecule has 3 atom stereocenters. The standard InChI is InChI=1S/C14H28N2O2/c1-3-4-8-18-9-7-16-14(17)13-6-5-12(15)10-11(13)2/h11-13H,3-10,15H2,1-2H3,(H,16,17). The zero-order valence-corrected chi connectivity index (χ0v) is 11.8. The van der Waals surface area contributed by atoms with Crippen LogP contribution < -0.4 is 11.1 Å². The van der Waals surface area contributed by atoms with E-state index in [1.54, 1.807) is 0 Å². The molecule has 1 aliphatic carbocycles. The minimum absolute atomic E-state index is 0.139. The largest absolute Gasteiger partial charge is 0.380 e. The summed E-state index contributed by atoms with van der Waals surface area (Å²) in [5.41, 5.74) is 5.90. The third-order valence-corrected chi connectivity index (χ3v) is 3.73. The van der Waals surface area contributed by atoms with Crippen molar-refractivity contribution in [3.05, 3.63) is 0 Å². The van der Waals surface area contributed by atoms with E-state index in [2.05, 4.69) is 19.2 Å². The second-order valence-corrected chi connectivity index (χ2v) is 5.41. The van der Waals surface area contributed by atoms with Crippen LogP contribution in [0.2, 0.25) is 0 Å². The Hall–Kier alpha value is -0.610. The van der Waals surface area contributed by atoms with Gasteiger partial charge in [-0.2, -0.15) is 0 Å². The maximum absolute atomic E-state index is 12.0. The third-order valence-electron chi connectivity index (χ3n) is 3.73. The van der Waals surface area contributed by atoms with Gasteiger partial charge in [-0.3, -0.25) is 4.79 Å². The highest BCUT2D eigenvalue weighted by atomic mass is 16.5. The van der Waals surface area contributed by atoms with Gasteiger partial charge in [-0.1, -0.05) is 20.3 Å². The van der Waals surface area contributed by atoms with E-state index in [0.717, 1.165) is 38.7 Å². The van der Waals surface area contributed by atoms with Gasteiger partial charge in [0.25, 0.3) is 0 Å². The van der Waals surface area contributed by atoms with Crippen molar-refractivity contribution in [2.45, 2.75) is 52.0 Å². The first-order valence-corrected chi connectivity index (χ1v) is 7.26. The molecule has 1 fully saturated rings. The van der Waals surface area contributed by atoms with Gasteiger partial charge in [-0.25, -0.2) is 0 Å². The number of hydrogen-bond donors (Lipinski definition) is 2. The summed E-state index contributed by atoms with van der Waals surface area (Å²) in [6, 6.07) is 0.279. The highest BCUT2D eigenvalue weighted by Crippen LogP contribution is 2.28. The Morgan fingerprint density at radius 3 is 2.83 bits per heavy atom. The molecular weight excluding hydrogens is 228 g/mol. The van der Waals surface area contributed by atoms with Crippen LogP contribution in [0.5, 0.6) is 0 Å². The predicted molar refractivity (Wildman–Crippen MR) is 73.2 cm³/mol. The summed E-state index contributed by atoms with van der Waals surface area (Å²) in [7, 11) is 0. The van der Waals surface area contributed by atoms with Crippen molar-refractivity contribution in [3.63, 3.8) is 0 Å². The van der Waals surface area contributed by atoms with Crippen molar-refractivity contribution >= 4 is 5.91 Å². The van der Waals surface area contributed by atoms with E-state index in [-0.39, 0.29) is 17.9 Å². The van der Waals surface area contributed by atoms with Crippen molar-refractivity contribution in [1.82, 2.24) is 5.32 Å². The molecule has 18 heavy (non-hydrogen) atoms. The van der Waals surface area contributed by atoms with Gasteiger partial charge in [0.2, 0.25) is 5.91 Å². The smallest absolute Gasteiger partial charge is 0.223 e. The van der Waals surface area contributed by atoms with Crippen molar-refractivity contribution in [3.8, 4) is 0 Å². The first-order chi connectivity index (χ1) is 8.65. The monoisotopic (exact) mass is 256 g/mol. The SMILES string of the molecule is CCCCOCCNC(=O)C1CCC(N)CC1C. The van der Waals surface area contributed by atoms with E-state index in [0.29, 0.717) is 19.1 Å². The fourth-order valence-corrected chi connectivity index (χ4v) is 2.55. The van der Waals surface area contributed by atoms with Gasteiger partial charge in [-0.05, 0) is 31.6 Å². The van der Waals surface area contributed by atoms with Gasteiger partial charge in [0.15, 0.2) is 0 Å². The Balaban J connectivity index is 2.12. The van der Waals surface area contributed by atoms with Crippen LogP contribution in [0.25, 0.3) is 0 Å². The number of unbranched alkanes of at least 4 members (excludes halogenated alkanes) is 1. The lowest BCUT2D eigenvalue weighted by Crippen LogP contribution is -2.41. The fourth-order valence-electron chi connectivity index (χ4n) is 2.55. The summed E-state index contributed by atoms with van der Waals surface area (Å²) in [6.45, 7) is 6.30. The number of amides is 1. The molecular formula is C14H28N2O2. The molecule has 1 amide bonds. The second-order valence-electron chi connectivity index (χ2n) is 5.41. The molecule has 0 heterocycles. The molecule has 0 bridgehead atoms. The maximum Gasteiger partial charge on any atom is 0.223 e. The molecule has 0 radical (unpaired) electrons. The van der Waals surface area contributed by atoms with Gasteiger partial charge in [-0.15, -0.1) is 0 Å². The van der Waals surface area contributed by atoms with Gasteiger partial charge >= 0.3 is 0 Å². The molecule has 106 valence electrons. The summed E-state index contributed by atoms with van der Waals surface area (Å²) in [5, 5.41) is 2.97. The Bertz CT molecular complexity index is 246. The lowest BCUT2D eigenvalue weighted by molar-refractivity contribution is -0.127. The van der Waals surface area contributed by atoms with Crippen LogP contribution in [-0.4, -0.2) is 31.7 Å². The number of nitrogens with two attached hydrogens (primary N) is 1. The molecule has 0 aromatic heterocycles. The molecule has 1 aliphatic rings. The van der Waals surface area contributed by atoms with Crippen molar-refractivity contribution < 1.29 is 9.53 Å². The van der Waals surface area contributed by atoms with Gasteiger partial charge in [0, 0.05) is 25.1 Å². The van der Waals surface area contributed by atoms with Gasteiger partial charge in [0.1, 0.15) is 0 Å². The fraction of sp³-hybridized carbons (Fsp3) is 0.929. The maximum atomic E-state index is 12.0. The first kappa shape index (κ1) is 15.4. The van der Waals surface area contributed by atoms with Crippen LogP contribution in [0.1, 0.15) is 46.0 Å². The highest BCUT2D eigenvalue weighted by molar-refractivity contribution is 5.79. The van der Waals surface area contributed by atoms with Crippen molar-refractivity contribution in [1.29, 1.82) is 0 Å². The average molecular weight is 256 g/mol. The number of nitrogens with one attached hydrogen (secondary N) is 1. The molecule has 3 N–H and O–H groups in total. The molecule has 0 spiro atoms. The summed E-state index contributed by atoms with van der Waals surface area (Å²) in [4.78, 5) is 12.0. The van der Waals surface area contributed by atoms with Crippen LogP contribution >= 0.6 is 0 Å². The molecule has 4 heteroatoms. The molecule has 0 aliphatic heterocycles. The van der Waals surface area contributed by atoms with E-state index < -0.39 is 0 Å². The summed E-state index contributed by atoms with van der Waals surface area (Å²) >= 11 is 0. The lowest BCUT2D eigenvalue weighted by atomic mass is 9.78. The van der Waals surface area contributed by atoms with Crippen molar-refractivity contribution in [2.75, 3.05) is 19.8 Å². The predicted octanol–water partition coefficient (Wildman–Crippen LogP) is 1.68. The van der Waals surface area contributed by atoms with Gasteiger partial charge < -0.3 is 15.8 Å². The van der Waals surface area contributed by atoms with Crippen LogP contribution in [-0.2, 0) is 9.53 Å². The molecule has 1 rings (SSSR count). The van der Waals surface area contributed by atoms with Crippen molar-refractivity contribution in [2.24, 2.45) is 17.6 Å². The van der Waals surface area contributed by atoms with Crippen LogP contribution in [0.15, 0.2) is 0 Å². The Kier molecular flexibility index (Phi) is 7.28. The zero-order valence-electron chi connectivity index (χ0n) is 11.8. The quantitative estimate of drug-likeness (QED) is 0.681. The minimum atomic E-state index is 0.139. The second kappa shape index (κ2) is 8.48. The minimum Gasteiger partial charge on any atom is -0.380 e. The third kappa shape index (κ3) is 5.36. The highest BCUT2D eigenvalue weighted by Gasteiger charge is 2.30. The zero-order chi connectivity index (χ0) is 13.4. The van der Waals surface area contributed by atoms with Crippen LogP contribution in [0, 0.1) is 11.8 Å². The molecule has 1 saturated carbocycles. The van der Waals surface area contributed by atoms with Crippen LogP contribution in [0.3, 0.4) is 0 Å². The molecule has 0 aromatic rings. The number of carbonyl (C=O) groups is 1. The van der Waals surface area contributed by atoms with E-state index in [4.69, 9.17) is 10.5 Å². The Morgan fingerprint density at radius 1 is 1.39 bits per heavy atom. The first-order valence-electron chi connectivity index (χ1n) is 7.26. The molecule has 4 nitrogen and oxygen atoms in total. The average Bonchev–Trinajstić information content (AvgIpc) is 2.33. The summed E-state index contributed by atoms with van der Waals surface area (Å²) < 4.78 is 5.42. The molecule has 0 aromatic carbocycles. The van der Waals surface area contributed by atoms with E-state index >= 15 is 0 Å². The summed E-state index contributed by atoms with van der Waals surface area (Å²) in [5.74, 6) is 0.712. The number of rotatable bonds is 7. The van der Waals surface area contributed by atoms with E-state index in [1.807, 2.05) is 0 Å². The topological polar surface area (TPSA) is 64.3 Å². The number of hydrogen-bond acceptors (Lipinski definition) is 3. The van der Waals surface area contributed by atoms with Gasteiger partial charge in [0.05, 0.1) is 6.61 Å². The summed E-state index contributed by atoms with van der Waals surface area (Å²) in [6.07, 6.45) is 5.09. The van der Waals surface area contributed by atoms with E-state index in [9.17, 15) is 4.79 Å². The molecule has 3 unspecified atom stereocenters. The van der Waals surface area contributed by atoms with E-state index in [1.165, 1.54) is 0 Å². The molecule has 0 saturated heterocycles. The number of ether oxygens (including phenoxy) is 1. The normalized spacial score (nSPS) is 28.1.